The third kappa shape index (κ3) is 2.97. The first-order chi connectivity index (χ1) is 10.9. The molecule has 0 aliphatic rings. The Hall–Kier alpha value is -2.62. The maximum absolute atomic E-state index is 12.5. The van der Waals surface area contributed by atoms with Crippen LogP contribution in [0.15, 0.2) is 48.7 Å². The smallest absolute Gasteiger partial charge is 0.276 e. The van der Waals surface area contributed by atoms with E-state index in [2.05, 4.69) is 31.1 Å². The van der Waals surface area contributed by atoms with E-state index in [1.807, 2.05) is 60.0 Å². The molecule has 0 aliphatic heterocycles. The van der Waals surface area contributed by atoms with E-state index < -0.39 is 0 Å². The zero-order chi connectivity index (χ0) is 16.6. The number of nitrogens with zero attached hydrogens (tertiary/aromatic N) is 2. The molecule has 0 saturated carbocycles. The average Bonchev–Trinajstić information content (AvgIpc) is 2.85. The van der Waals surface area contributed by atoms with Crippen molar-refractivity contribution in [2.45, 2.75) is 33.1 Å². The Bertz CT molecular complexity index is 854. The number of rotatable bonds is 2. The molecule has 0 radical (unpaired) electrons. The standard InChI is InChI=1S/C19H21N3O/c1-13-20-17(16-7-5-6-12-22(13)16)18(23)21-15-10-8-14(9-11-15)19(2,3)4/h5-12H,1-4H3,(H,21,23). The Labute approximate surface area is 136 Å². The molecule has 1 N–H and O–H groups in total. The number of nitrogens with one attached hydrogen (secondary N) is 1. The van der Waals surface area contributed by atoms with Crippen LogP contribution in [0.2, 0.25) is 0 Å². The number of fused-ring (bicyclic) bond motifs is 1. The van der Waals surface area contributed by atoms with Gasteiger partial charge in [-0.3, -0.25) is 4.79 Å². The van der Waals surface area contributed by atoms with Crippen LogP contribution in [0.4, 0.5) is 5.69 Å². The van der Waals surface area contributed by atoms with E-state index in [0.29, 0.717) is 5.69 Å². The second-order valence-corrected chi connectivity index (χ2v) is 6.74. The summed E-state index contributed by atoms with van der Waals surface area (Å²) in [7, 11) is 0. The molecule has 23 heavy (non-hydrogen) atoms. The molecule has 0 saturated heterocycles. The van der Waals surface area contributed by atoms with E-state index in [0.717, 1.165) is 17.0 Å². The van der Waals surface area contributed by atoms with E-state index in [-0.39, 0.29) is 11.3 Å². The molecule has 3 aromatic rings. The van der Waals surface area contributed by atoms with Crippen molar-refractivity contribution < 1.29 is 4.79 Å². The summed E-state index contributed by atoms with van der Waals surface area (Å²) in [4.78, 5) is 16.9. The van der Waals surface area contributed by atoms with Gasteiger partial charge in [0.05, 0.1) is 5.52 Å². The summed E-state index contributed by atoms with van der Waals surface area (Å²) < 4.78 is 1.91. The molecule has 0 fully saturated rings. The molecule has 0 spiro atoms. The highest BCUT2D eigenvalue weighted by atomic mass is 16.1. The van der Waals surface area contributed by atoms with Gasteiger partial charge in [-0.2, -0.15) is 0 Å². The summed E-state index contributed by atoms with van der Waals surface area (Å²) >= 11 is 0. The fourth-order valence-corrected chi connectivity index (χ4v) is 2.60. The van der Waals surface area contributed by atoms with Gasteiger partial charge < -0.3 is 9.72 Å². The van der Waals surface area contributed by atoms with Crippen LogP contribution < -0.4 is 5.32 Å². The highest BCUT2D eigenvalue weighted by molar-refractivity contribution is 6.07. The lowest BCUT2D eigenvalue weighted by Gasteiger charge is -2.19. The number of imidazole rings is 1. The van der Waals surface area contributed by atoms with Crippen molar-refractivity contribution in [2.75, 3.05) is 5.32 Å². The van der Waals surface area contributed by atoms with E-state index in [1.54, 1.807) is 0 Å². The SMILES string of the molecule is Cc1nc(C(=O)Nc2ccc(C(C)(C)C)cc2)c2ccccn12. The molecule has 4 nitrogen and oxygen atoms in total. The van der Waals surface area contributed by atoms with Crippen molar-refractivity contribution in [2.24, 2.45) is 0 Å². The van der Waals surface area contributed by atoms with E-state index in [1.165, 1.54) is 5.56 Å². The van der Waals surface area contributed by atoms with Gasteiger partial charge in [-0.25, -0.2) is 4.98 Å². The quantitative estimate of drug-likeness (QED) is 0.771. The van der Waals surface area contributed by atoms with Crippen molar-refractivity contribution in [1.82, 2.24) is 9.38 Å². The normalized spacial score (nSPS) is 11.7. The molecular weight excluding hydrogens is 286 g/mol. The number of amides is 1. The number of pyridine rings is 1. The Morgan fingerprint density at radius 1 is 1.09 bits per heavy atom. The van der Waals surface area contributed by atoms with Crippen LogP contribution >= 0.6 is 0 Å². The maximum atomic E-state index is 12.5. The van der Waals surface area contributed by atoms with Crippen LogP contribution in [0.1, 0.15) is 42.6 Å². The van der Waals surface area contributed by atoms with Gasteiger partial charge in [0.15, 0.2) is 5.69 Å². The van der Waals surface area contributed by atoms with Crippen molar-refractivity contribution in [3.63, 3.8) is 0 Å². The number of hydrogen-bond acceptors (Lipinski definition) is 2. The van der Waals surface area contributed by atoms with Gasteiger partial charge in [-0.15, -0.1) is 0 Å². The van der Waals surface area contributed by atoms with Crippen molar-refractivity contribution in [3.8, 4) is 0 Å². The zero-order valence-electron chi connectivity index (χ0n) is 13.9. The van der Waals surface area contributed by atoms with Crippen molar-refractivity contribution in [3.05, 3.63) is 65.7 Å². The van der Waals surface area contributed by atoms with Gasteiger partial charge >= 0.3 is 0 Å². The van der Waals surface area contributed by atoms with Crippen LogP contribution in [0.3, 0.4) is 0 Å². The highest BCUT2D eigenvalue weighted by Gasteiger charge is 2.16. The number of benzene rings is 1. The molecule has 2 heterocycles. The zero-order valence-corrected chi connectivity index (χ0v) is 13.9. The third-order valence-corrected chi connectivity index (χ3v) is 3.95. The van der Waals surface area contributed by atoms with Gasteiger partial charge in [-0.1, -0.05) is 39.0 Å². The summed E-state index contributed by atoms with van der Waals surface area (Å²) in [6.45, 7) is 8.39. The summed E-state index contributed by atoms with van der Waals surface area (Å²) in [5.74, 6) is 0.610. The monoisotopic (exact) mass is 307 g/mol. The number of aryl methyl sites for hydroxylation is 1. The molecule has 0 unspecified atom stereocenters. The van der Waals surface area contributed by atoms with Crippen LogP contribution in [-0.4, -0.2) is 15.3 Å². The first kappa shape index (κ1) is 15.3. The Balaban J connectivity index is 1.86. The molecule has 0 aliphatic carbocycles. The Morgan fingerprint density at radius 2 is 1.78 bits per heavy atom. The summed E-state index contributed by atoms with van der Waals surface area (Å²) in [5.41, 5.74) is 3.37. The topological polar surface area (TPSA) is 46.4 Å². The lowest BCUT2D eigenvalue weighted by Crippen LogP contribution is -2.14. The second kappa shape index (κ2) is 5.54. The van der Waals surface area contributed by atoms with E-state index in [4.69, 9.17) is 0 Å². The maximum Gasteiger partial charge on any atom is 0.276 e. The minimum atomic E-state index is -0.190. The third-order valence-electron chi connectivity index (χ3n) is 3.95. The first-order valence-corrected chi connectivity index (χ1v) is 7.72. The molecule has 3 rings (SSSR count). The summed E-state index contributed by atoms with van der Waals surface area (Å²) in [6.07, 6.45) is 1.91. The molecular formula is C19H21N3O. The van der Waals surface area contributed by atoms with Crippen molar-refractivity contribution >= 4 is 17.1 Å². The molecule has 1 amide bonds. The van der Waals surface area contributed by atoms with Crippen LogP contribution in [0.25, 0.3) is 5.52 Å². The summed E-state index contributed by atoms with van der Waals surface area (Å²) in [5, 5.41) is 2.93. The largest absolute Gasteiger partial charge is 0.321 e. The molecule has 4 heteroatoms. The number of aromatic nitrogens is 2. The molecule has 2 aromatic heterocycles. The highest BCUT2D eigenvalue weighted by Crippen LogP contribution is 2.24. The lowest BCUT2D eigenvalue weighted by atomic mass is 9.87. The lowest BCUT2D eigenvalue weighted by molar-refractivity contribution is 0.102. The number of anilines is 1. The van der Waals surface area contributed by atoms with Gasteiger partial charge in [0.2, 0.25) is 0 Å². The minimum absolute atomic E-state index is 0.0970. The van der Waals surface area contributed by atoms with Crippen molar-refractivity contribution in [1.29, 1.82) is 0 Å². The Morgan fingerprint density at radius 3 is 2.43 bits per heavy atom. The molecule has 118 valence electrons. The number of hydrogen-bond donors (Lipinski definition) is 1. The number of carbonyl (C=O) groups excluding carboxylic acids is 1. The molecule has 0 atom stereocenters. The number of carbonyl (C=O) groups is 1. The predicted molar refractivity (Wildman–Crippen MR) is 93.0 cm³/mol. The second-order valence-electron chi connectivity index (χ2n) is 6.74. The van der Waals surface area contributed by atoms with E-state index in [9.17, 15) is 4.79 Å². The van der Waals surface area contributed by atoms with Gasteiger partial charge in [0.25, 0.3) is 5.91 Å². The van der Waals surface area contributed by atoms with Crippen LogP contribution in [0.5, 0.6) is 0 Å². The van der Waals surface area contributed by atoms with Crippen LogP contribution in [0, 0.1) is 6.92 Å². The predicted octanol–water partition coefficient (Wildman–Crippen LogP) is 4.19. The Kier molecular flexibility index (Phi) is 3.68. The molecule has 1 aromatic carbocycles. The van der Waals surface area contributed by atoms with Gasteiger partial charge in [-0.05, 0) is 42.2 Å². The van der Waals surface area contributed by atoms with E-state index >= 15 is 0 Å². The minimum Gasteiger partial charge on any atom is -0.321 e. The summed E-state index contributed by atoms with van der Waals surface area (Å²) in [6, 6.07) is 13.7. The fourth-order valence-electron chi connectivity index (χ4n) is 2.60. The van der Waals surface area contributed by atoms with Crippen LogP contribution in [-0.2, 0) is 5.41 Å². The van der Waals surface area contributed by atoms with Gasteiger partial charge in [0.1, 0.15) is 5.82 Å². The average molecular weight is 307 g/mol. The first-order valence-electron chi connectivity index (χ1n) is 7.72. The molecule has 0 bridgehead atoms. The van der Waals surface area contributed by atoms with Gasteiger partial charge in [0, 0.05) is 11.9 Å². The fraction of sp³-hybridized carbons (Fsp3) is 0.263.